The van der Waals surface area contributed by atoms with Gasteiger partial charge in [0.2, 0.25) is 0 Å². The summed E-state index contributed by atoms with van der Waals surface area (Å²) < 4.78 is 0. The van der Waals surface area contributed by atoms with Gasteiger partial charge in [-0.15, -0.1) is 0 Å². The first-order valence-corrected chi connectivity index (χ1v) is 8.45. The number of amides is 1. The molecule has 3 N–H and O–H groups in total. The minimum absolute atomic E-state index is 0.0252. The van der Waals surface area contributed by atoms with Gasteiger partial charge in [-0.05, 0) is 62.5 Å². The van der Waals surface area contributed by atoms with Crippen LogP contribution in [0.1, 0.15) is 73.6 Å². The summed E-state index contributed by atoms with van der Waals surface area (Å²) in [6, 6.07) is 4.51. The number of rotatable bonds is 3. The number of hydrogen-bond donors (Lipinski definition) is 2. The number of hydrogen-bond acceptors (Lipinski definition) is 3. The van der Waals surface area contributed by atoms with Crippen LogP contribution in [0.5, 0.6) is 0 Å². The summed E-state index contributed by atoms with van der Waals surface area (Å²) >= 11 is 0. The second kappa shape index (κ2) is 5.65. The van der Waals surface area contributed by atoms with Gasteiger partial charge >= 0.3 is 0 Å². The molecule has 1 spiro atoms. The zero-order valence-electron chi connectivity index (χ0n) is 13.9. The van der Waals surface area contributed by atoms with Crippen LogP contribution in [0.15, 0.2) is 12.1 Å². The van der Waals surface area contributed by atoms with Gasteiger partial charge in [0.05, 0.1) is 11.3 Å². The predicted octanol–water partition coefficient (Wildman–Crippen LogP) is 2.90. The Bertz CT molecular complexity index is 574. The van der Waals surface area contributed by atoms with Crippen molar-refractivity contribution in [2.24, 2.45) is 11.1 Å². The van der Waals surface area contributed by atoms with Gasteiger partial charge in [0.1, 0.15) is 0 Å². The number of carbonyl (C=O) groups excluding carboxylic acids is 1. The van der Waals surface area contributed by atoms with Crippen LogP contribution in [0.25, 0.3) is 0 Å². The molecule has 2 saturated carbocycles. The molecule has 0 saturated heterocycles. The van der Waals surface area contributed by atoms with E-state index in [-0.39, 0.29) is 17.9 Å². The molecule has 1 aromatic rings. The molecule has 0 aliphatic heterocycles. The third-order valence-corrected chi connectivity index (χ3v) is 5.42. The molecular formula is C18H27N3O. The van der Waals surface area contributed by atoms with Gasteiger partial charge in [0.25, 0.3) is 5.91 Å². The molecule has 2 aliphatic carbocycles. The van der Waals surface area contributed by atoms with E-state index in [2.05, 4.69) is 24.1 Å². The molecule has 3 rings (SSSR count). The number of nitrogens with one attached hydrogen (secondary N) is 1. The topological polar surface area (TPSA) is 68.0 Å². The Balaban J connectivity index is 1.65. The van der Waals surface area contributed by atoms with E-state index in [9.17, 15) is 4.79 Å². The van der Waals surface area contributed by atoms with E-state index in [1.165, 1.54) is 6.42 Å². The summed E-state index contributed by atoms with van der Waals surface area (Å²) in [5, 5.41) is 3.21. The van der Waals surface area contributed by atoms with E-state index in [1.807, 2.05) is 19.1 Å². The van der Waals surface area contributed by atoms with Crippen LogP contribution in [0.2, 0.25) is 0 Å². The quantitative estimate of drug-likeness (QED) is 0.902. The number of nitrogens with zero attached hydrogens (tertiary/aromatic N) is 1. The van der Waals surface area contributed by atoms with Crippen LogP contribution in [-0.4, -0.2) is 23.0 Å². The van der Waals surface area contributed by atoms with Gasteiger partial charge in [-0.1, -0.05) is 13.8 Å². The summed E-state index contributed by atoms with van der Waals surface area (Å²) in [5.41, 5.74) is 9.04. The van der Waals surface area contributed by atoms with Crippen molar-refractivity contribution in [2.75, 3.05) is 0 Å². The summed E-state index contributed by atoms with van der Waals surface area (Å²) in [4.78, 5) is 17.2. The Labute approximate surface area is 132 Å². The van der Waals surface area contributed by atoms with Crippen molar-refractivity contribution in [3.05, 3.63) is 29.1 Å². The molecule has 0 bridgehead atoms. The maximum atomic E-state index is 12.6. The monoisotopic (exact) mass is 301 g/mol. The van der Waals surface area contributed by atoms with E-state index in [1.54, 1.807) is 0 Å². The number of aromatic nitrogens is 1. The molecule has 0 aromatic carbocycles. The Kier molecular flexibility index (Phi) is 3.98. The van der Waals surface area contributed by atoms with Crippen LogP contribution in [0.3, 0.4) is 0 Å². The predicted molar refractivity (Wildman–Crippen MR) is 87.8 cm³/mol. The van der Waals surface area contributed by atoms with Gasteiger partial charge in [-0.25, -0.2) is 0 Å². The van der Waals surface area contributed by atoms with Crippen LogP contribution >= 0.6 is 0 Å². The molecule has 1 aromatic heterocycles. The van der Waals surface area contributed by atoms with Crippen LogP contribution in [0, 0.1) is 12.3 Å². The van der Waals surface area contributed by atoms with Crippen molar-refractivity contribution in [1.82, 2.24) is 10.3 Å². The van der Waals surface area contributed by atoms with E-state index in [4.69, 9.17) is 5.73 Å². The largest absolute Gasteiger partial charge is 0.349 e. The minimum Gasteiger partial charge on any atom is -0.349 e. The van der Waals surface area contributed by atoms with E-state index in [0.29, 0.717) is 11.5 Å². The summed E-state index contributed by atoms with van der Waals surface area (Å²) in [7, 11) is 0. The number of nitrogens with two attached hydrogens (primary N) is 1. The zero-order valence-corrected chi connectivity index (χ0v) is 13.9. The second-order valence-electron chi connectivity index (χ2n) is 7.46. The number of aryl methyl sites for hydroxylation is 1. The molecule has 4 nitrogen and oxygen atoms in total. The maximum Gasteiger partial charge on any atom is 0.253 e. The van der Waals surface area contributed by atoms with E-state index >= 15 is 0 Å². The normalized spacial score (nSPS) is 30.6. The first-order chi connectivity index (χ1) is 10.4. The lowest BCUT2D eigenvalue weighted by Gasteiger charge is -2.30. The van der Waals surface area contributed by atoms with E-state index in [0.717, 1.165) is 42.6 Å². The molecule has 2 aliphatic rings. The van der Waals surface area contributed by atoms with Crippen molar-refractivity contribution >= 4 is 5.91 Å². The first kappa shape index (κ1) is 15.5. The van der Waals surface area contributed by atoms with Crippen molar-refractivity contribution in [3.63, 3.8) is 0 Å². The third-order valence-electron chi connectivity index (χ3n) is 5.42. The highest BCUT2D eigenvalue weighted by molar-refractivity contribution is 5.95. The molecule has 22 heavy (non-hydrogen) atoms. The lowest BCUT2D eigenvalue weighted by atomic mass is 9.82. The standard InChI is InChI=1S/C18H27N3O/c1-11(2)16-14(5-4-12(3)20-16)17(22)21-13-6-8-18(9-7-13)10-15(18)19/h4-5,11,13,15H,6-10,19H2,1-3H3,(H,21,22). The maximum absolute atomic E-state index is 12.6. The van der Waals surface area contributed by atoms with Gasteiger partial charge in [-0.2, -0.15) is 0 Å². The van der Waals surface area contributed by atoms with E-state index < -0.39 is 0 Å². The average Bonchev–Trinajstić information content (AvgIpc) is 3.10. The van der Waals surface area contributed by atoms with Crippen molar-refractivity contribution in [2.45, 2.75) is 70.9 Å². The number of pyridine rings is 1. The minimum atomic E-state index is 0.0252. The van der Waals surface area contributed by atoms with Crippen molar-refractivity contribution < 1.29 is 4.79 Å². The Morgan fingerprint density at radius 3 is 2.55 bits per heavy atom. The fourth-order valence-corrected chi connectivity index (χ4v) is 3.76. The summed E-state index contributed by atoms with van der Waals surface area (Å²) in [5.74, 6) is 0.275. The van der Waals surface area contributed by atoms with Gasteiger partial charge in [0, 0.05) is 17.8 Å². The lowest BCUT2D eigenvalue weighted by Crippen LogP contribution is -2.39. The highest BCUT2D eigenvalue weighted by Crippen LogP contribution is 2.55. The highest BCUT2D eigenvalue weighted by atomic mass is 16.1. The second-order valence-corrected chi connectivity index (χ2v) is 7.46. The molecule has 1 heterocycles. The molecule has 120 valence electrons. The fourth-order valence-electron chi connectivity index (χ4n) is 3.76. The molecule has 1 amide bonds. The molecule has 1 atom stereocenters. The Hall–Kier alpha value is -1.42. The summed E-state index contributed by atoms with van der Waals surface area (Å²) in [6.07, 6.45) is 5.59. The molecule has 0 radical (unpaired) electrons. The Morgan fingerprint density at radius 1 is 1.36 bits per heavy atom. The van der Waals surface area contributed by atoms with Gasteiger partial charge in [-0.3, -0.25) is 9.78 Å². The Morgan fingerprint density at radius 2 is 2.00 bits per heavy atom. The van der Waals surface area contributed by atoms with Crippen LogP contribution in [0.4, 0.5) is 0 Å². The zero-order chi connectivity index (χ0) is 15.9. The van der Waals surface area contributed by atoms with Crippen molar-refractivity contribution in [1.29, 1.82) is 0 Å². The fraction of sp³-hybridized carbons (Fsp3) is 0.667. The molecule has 4 heteroatoms. The first-order valence-electron chi connectivity index (χ1n) is 8.45. The van der Waals surface area contributed by atoms with Crippen LogP contribution in [-0.2, 0) is 0 Å². The lowest BCUT2D eigenvalue weighted by molar-refractivity contribution is 0.0917. The van der Waals surface area contributed by atoms with Crippen molar-refractivity contribution in [3.8, 4) is 0 Å². The molecular weight excluding hydrogens is 274 g/mol. The van der Waals surface area contributed by atoms with Gasteiger partial charge in [0.15, 0.2) is 0 Å². The smallest absolute Gasteiger partial charge is 0.253 e. The number of carbonyl (C=O) groups is 1. The molecule has 1 unspecified atom stereocenters. The van der Waals surface area contributed by atoms with Crippen LogP contribution < -0.4 is 11.1 Å². The SMILES string of the molecule is Cc1ccc(C(=O)NC2CCC3(CC2)CC3N)c(C(C)C)n1. The highest BCUT2D eigenvalue weighted by Gasteiger charge is 2.52. The molecule has 2 fully saturated rings. The average molecular weight is 301 g/mol. The third kappa shape index (κ3) is 2.89. The summed E-state index contributed by atoms with van der Waals surface area (Å²) in [6.45, 7) is 6.13. The van der Waals surface area contributed by atoms with Gasteiger partial charge < -0.3 is 11.1 Å².